The second kappa shape index (κ2) is 10.5. The van der Waals surface area contributed by atoms with E-state index in [0.29, 0.717) is 22.6 Å². The van der Waals surface area contributed by atoms with Gasteiger partial charge in [0.15, 0.2) is 6.61 Å². The largest absolute Gasteiger partial charge is 0.497 e. The first-order valence-electron chi connectivity index (χ1n) is 9.30. The smallest absolute Gasteiger partial charge is 0.271 e. The first-order valence-corrected chi connectivity index (χ1v) is 9.30. The zero-order chi connectivity index (χ0) is 22.1. The minimum atomic E-state index is -0.516. The van der Waals surface area contributed by atoms with E-state index in [4.69, 9.17) is 9.47 Å². The Morgan fingerprint density at radius 2 is 1.77 bits per heavy atom. The van der Waals surface area contributed by atoms with Crippen molar-refractivity contribution < 1.29 is 23.5 Å². The van der Waals surface area contributed by atoms with Crippen molar-refractivity contribution in [2.75, 3.05) is 19.0 Å². The van der Waals surface area contributed by atoms with Gasteiger partial charge in [-0.1, -0.05) is 18.2 Å². The normalized spacial score (nSPS) is 10.5. The number of nitrogens with zero attached hydrogens (tertiary/aromatic N) is 1. The average Bonchev–Trinajstić information content (AvgIpc) is 2.80. The molecule has 0 atom stereocenters. The Hall–Kier alpha value is -4.20. The van der Waals surface area contributed by atoms with Crippen LogP contribution in [0.3, 0.4) is 0 Å². The summed E-state index contributed by atoms with van der Waals surface area (Å²) >= 11 is 0. The van der Waals surface area contributed by atoms with Crippen LogP contribution in [0, 0.1) is 5.82 Å². The van der Waals surface area contributed by atoms with Crippen LogP contribution in [0.25, 0.3) is 0 Å². The summed E-state index contributed by atoms with van der Waals surface area (Å²) in [7, 11) is 1.53. The molecule has 0 radical (unpaired) electrons. The Morgan fingerprint density at radius 3 is 2.52 bits per heavy atom. The number of hydrogen-bond acceptors (Lipinski definition) is 5. The number of methoxy groups -OCH3 is 1. The predicted molar refractivity (Wildman–Crippen MR) is 115 cm³/mol. The van der Waals surface area contributed by atoms with Gasteiger partial charge in [-0.2, -0.15) is 5.10 Å². The minimum absolute atomic E-state index is 0.0960. The second-order valence-electron chi connectivity index (χ2n) is 6.32. The molecule has 3 aromatic carbocycles. The Bertz CT molecular complexity index is 1080. The molecule has 2 N–H and O–H groups in total. The molecule has 0 aromatic heterocycles. The van der Waals surface area contributed by atoms with Crippen LogP contribution in [0.5, 0.6) is 11.5 Å². The molecule has 158 valence electrons. The molecule has 0 saturated heterocycles. The number of hydrogen-bond donors (Lipinski definition) is 2. The third-order valence-corrected chi connectivity index (χ3v) is 4.11. The highest BCUT2D eigenvalue weighted by molar-refractivity contribution is 5.95. The van der Waals surface area contributed by atoms with Gasteiger partial charge in [0.1, 0.15) is 17.3 Å². The lowest BCUT2D eigenvalue weighted by atomic mass is 10.2. The van der Waals surface area contributed by atoms with Crippen molar-refractivity contribution >= 4 is 23.7 Å². The summed E-state index contributed by atoms with van der Waals surface area (Å²) in [6.07, 6.45) is 1.48. The monoisotopic (exact) mass is 421 g/mol. The van der Waals surface area contributed by atoms with Crippen LogP contribution in [0.2, 0.25) is 0 Å². The first-order chi connectivity index (χ1) is 15.0. The summed E-state index contributed by atoms with van der Waals surface area (Å²) < 4.78 is 24.0. The fourth-order valence-electron chi connectivity index (χ4n) is 2.54. The molecule has 3 aromatic rings. The van der Waals surface area contributed by atoms with Gasteiger partial charge in [0.2, 0.25) is 0 Å². The molecule has 3 rings (SSSR count). The van der Waals surface area contributed by atoms with E-state index in [2.05, 4.69) is 15.8 Å². The summed E-state index contributed by atoms with van der Waals surface area (Å²) in [5.74, 6) is -0.319. The summed E-state index contributed by atoms with van der Waals surface area (Å²) in [6, 6.07) is 19.3. The van der Waals surface area contributed by atoms with E-state index < -0.39 is 11.7 Å². The summed E-state index contributed by atoms with van der Waals surface area (Å²) in [6.45, 7) is -0.266. The Labute approximate surface area is 178 Å². The molecular formula is C23H20FN3O4. The van der Waals surface area contributed by atoms with E-state index in [1.54, 1.807) is 54.6 Å². The van der Waals surface area contributed by atoms with Gasteiger partial charge < -0.3 is 14.8 Å². The van der Waals surface area contributed by atoms with E-state index in [0.717, 1.165) is 0 Å². The maximum atomic E-state index is 13.5. The number of anilines is 1. The van der Waals surface area contributed by atoms with Gasteiger partial charge >= 0.3 is 0 Å². The zero-order valence-electron chi connectivity index (χ0n) is 16.7. The quantitative estimate of drug-likeness (QED) is 0.430. The molecule has 0 aliphatic carbocycles. The molecule has 0 bridgehead atoms. The van der Waals surface area contributed by atoms with Gasteiger partial charge in [0.25, 0.3) is 11.8 Å². The van der Waals surface area contributed by atoms with Gasteiger partial charge in [0, 0.05) is 5.56 Å². The zero-order valence-corrected chi connectivity index (χ0v) is 16.7. The van der Waals surface area contributed by atoms with Crippen molar-refractivity contribution in [3.05, 3.63) is 89.7 Å². The Balaban J connectivity index is 1.47. The van der Waals surface area contributed by atoms with E-state index in [1.165, 1.54) is 31.5 Å². The van der Waals surface area contributed by atoms with Gasteiger partial charge in [-0.15, -0.1) is 0 Å². The number of para-hydroxylation sites is 1. The highest BCUT2D eigenvalue weighted by Gasteiger charge is 2.07. The summed E-state index contributed by atoms with van der Waals surface area (Å²) in [5, 5.41) is 6.37. The third kappa shape index (κ3) is 6.40. The highest BCUT2D eigenvalue weighted by Crippen LogP contribution is 2.14. The fraction of sp³-hybridized carbons (Fsp3) is 0.0870. The number of hydrazone groups is 1. The lowest BCUT2D eigenvalue weighted by Gasteiger charge is -2.08. The van der Waals surface area contributed by atoms with Crippen molar-refractivity contribution in [3.63, 3.8) is 0 Å². The SMILES string of the molecule is COc1cccc(C(=O)N/N=C/c2ccc(OCC(=O)Nc3ccccc3F)cc2)c1. The van der Waals surface area contributed by atoms with Gasteiger partial charge in [0.05, 0.1) is 19.0 Å². The van der Waals surface area contributed by atoms with E-state index in [9.17, 15) is 14.0 Å². The minimum Gasteiger partial charge on any atom is -0.497 e. The number of carbonyl (C=O) groups excluding carboxylic acids is 2. The molecular weight excluding hydrogens is 401 g/mol. The van der Waals surface area contributed by atoms with Crippen LogP contribution in [-0.2, 0) is 4.79 Å². The molecule has 7 nitrogen and oxygen atoms in total. The van der Waals surface area contributed by atoms with Crippen LogP contribution in [-0.4, -0.2) is 31.7 Å². The maximum absolute atomic E-state index is 13.5. The van der Waals surface area contributed by atoms with Crippen LogP contribution in [0.15, 0.2) is 77.9 Å². The predicted octanol–water partition coefficient (Wildman–Crippen LogP) is 3.62. The van der Waals surface area contributed by atoms with Gasteiger partial charge in [-0.25, -0.2) is 9.82 Å². The standard InChI is InChI=1S/C23H20FN3O4/c1-30-19-6-4-5-17(13-19)23(29)27-25-14-16-9-11-18(12-10-16)31-15-22(28)26-21-8-3-2-7-20(21)24/h2-14H,15H2,1H3,(H,26,28)(H,27,29)/b25-14+. The molecule has 31 heavy (non-hydrogen) atoms. The Kier molecular flexibility index (Phi) is 7.31. The van der Waals surface area contributed by atoms with Crippen LogP contribution < -0.4 is 20.2 Å². The number of ether oxygens (including phenoxy) is 2. The van der Waals surface area contributed by atoms with Crippen LogP contribution in [0.4, 0.5) is 10.1 Å². The Morgan fingerprint density at radius 1 is 1.00 bits per heavy atom. The molecule has 0 spiro atoms. The molecule has 0 saturated carbocycles. The fourth-order valence-corrected chi connectivity index (χ4v) is 2.54. The third-order valence-electron chi connectivity index (χ3n) is 4.11. The van der Waals surface area contributed by atoms with Crippen molar-refractivity contribution in [2.24, 2.45) is 5.10 Å². The van der Waals surface area contributed by atoms with E-state index >= 15 is 0 Å². The van der Waals surface area contributed by atoms with Crippen LogP contribution in [0.1, 0.15) is 15.9 Å². The second-order valence-corrected chi connectivity index (χ2v) is 6.32. The molecule has 0 fully saturated rings. The lowest BCUT2D eigenvalue weighted by molar-refractivity contribution is -0.118. The first kappa shape index (κ1) is 21.5. The molecule has 0 unspecified atom stereocenters. The summed E-state index contributed by atoms with van der Waals surface area (Å²) in [5.41, 5.74) is 3.68. The van der Waals surface area contributed by atoms with Crippen molar-refractivity contribution in [1.82, 2.24) is 5.43 Å². The number of benzene rings is 3. The van der Waals surface area contributed by atoms with Crippen LogP contribution >= 0.6 is 0 Å². The van der Waals surface area contributed by atoms with Gasteiger partial charge in [-0.05, 0) is 60.2 Å². The van der Waals surface area contributed by atoms with Crippen molar-refractivity contribution in [1.29, 1.82) is 0 Å². The highest BCUT2D eigenvalue weighted by atomic mass is 19.1. The molecule has 8 heteroatoms. The molecule has 2 amide bonds. The van der Waals surface area contributed by atoms with E-state index in [-0.39, 0.29) is 18.2 Å². The topological polar surface area (TPSA) is 89.0 Å². The van der Waals surface area contributed by atoms with Crippen molar-refractivity contribution in [3.8, 4) is 11.5 Å². The molecule has 0 heterocycles. The number of rotatable bonds is 8. The molecule has 0 aliphatic heterocycles. The molecule has 0 aliphatic rings. The number of amides is 2. The summed E-state index contributed by atoms with van der Waals surface area (Å²) in [4.78, 5) is 24.0. The maximum Gasteiger partial charge on any atom is 0.271 e. The van der Waals surface area contributed by atoms with Crippen molar-refractivity contribution in [2.45, 2.75) is 0 Å². The number of carbonyl (C=O) groups is 2. The van der Waals surface area contributed by atoms with Gasteiger partial charge in [-0.3, -0.25) is 9.59 Å². The average molecular weight is 421 g/mol. The van der Waals surface area contributed by atoms with E-state index in [1.807, 2.05) is 0 Å². The number of halogens is 1. The number of nitrogens with one attached hydrogen (secondary N) is 2. The lowest BCUT2D eigenvalue weighted by Crippen LogP contribution is -2.20.